The smallest absolute Gasteiger partial charge is 0.197 e. The molecule has 0 aliphatic carbocycles. The molecule has 4 heterocycles. The topological polar surface area (TPSA) is 52.3 Å². The van der Waals surface area contributed by atoms with Crippen molar-refractivity contribution in [1.82, 2.24) is 19.6 Å². The Morgan fingerprint density at radius 3 is 2.72 bits per heavy atom. The van der Waals surface area contributed by atoms with Crippen LogP contribution in [-0.2, 0) is 17.8 Å². The summed E-state index contributed by atoms with van der Waals surface area (Å²) in [5, 5.41) is 12.3. The monoisotopic (exact) mass is 450 g/mol. The number of rotatable bonds is 9. The summed E-state index contributed by atoms with van der Waals surface area (Å²) in [6.07, 6.45) is 10.5. The van der Waals surface area contributed by atoms with E-state index < -0.39 is 0 Å². The van der Waals surface area contributed by atoms with E-state index in [1.54, 1.807) is 23.1 Å². The van der Waals surface area contributed by atoms with Crippen molar-refractivity contribution in [3.05, 3.63) is 10.4 Å². The van der Waals surface area contributed by atoms with Crippen LogP contribution in [0.25, 0.3) is 15.9 Å². The van der Waals surface area contributed by atoms with Gasteiger partial charge in [-0.15, -0.1) is 21.5 Å². The number of ether oxygens (including phenoxy) is 1. The summed E-state index contributed by atoms with van der Waals surface area (Å²) in [6, 6.07) is 0. The number of thioether (sulfide) groups is 2. The molecule has 0 fully saturated rings. The Morgan fingerprint density at radius 1 is 1.14 bits per heavy atom. The lowest BCUT2D eigenvalue weighted by Gasteiger charge is -2.32. The van der Waals surface area contributed by atoms with Crippen LogP contribution in [0.3, 0.4) is 0 Å². The standard InChI is InChI=1S/C21H30N4OS3/c1-5-7-8-9-10-11-28-20-24-23-17-16-14-12-21(3,6-2)26-13-15(14)29-18(16)22-19(27-4)25(17)20/h5-13H2,1-4H3/t21-/m1/s1. The molecule has 1 aliphatic heterocycles. The summed E-state index contributed by atoms with van der Waals surface area (Å²) in [5.74, 6) is 1.08. The van der Waals surface area contributed by atoms with Gasteiger partial charge in [0.05, 0.1) is 17.6 Å². The van der Waals surface area contributed by atoms with E-state index in [1.807, 2.05) is 11.8 Å². The van der Waals surface area contributed by atoms with Crippen LogP contribution in [0, 0.1) is 0 Å². The maximum atomic E-state index is 6.17. The molecule has 0 amide bonds. The normalized spacial score (nSPS) is 19.3. The van der Waals surface area contributed by atoms with Crippen LogP contribution >= 0.6 is 34.9 Å². The molecule has 5 nitrogen and oxygen atoms in total. The predicted molar refractivity (Wildman–Crippen MR) is 125 cm³/mol. The lowest BCUT2D eigenvalue weighted by Crippen LogP contribution is -2.33. The largest absolute Gasteiger partial charge is 0.369 e. The van der Waals surface area contributed by atoms with Crippen LogP contribution in [0.4, 0.5) is 0 Å². The van der Waals surface area contributed by atoms with Gasteiger partial charge in [0.15, 0.2) is 16.0 Å². The first-order valence-corrected chi connectivity index (χ1v) is 13.6. The maximum absolute atomic E-state index is 6.17. The van der Waals surface area contributed by atoms with Crippen molar-refractivity contribution in [2.45, 2.75) is 88.2 Å². The lowest BCUT2D eigenvalue weighted by atomic mass is 9.90. The number of hydrogen-bond acceptors (Lipinski definition) is 7. The van der Waals surface area contributed by atoms with E-state index in [2.05, 4.69) is 41.6 Å². The van der Waals surface area contributed by atoms with E-state index >= 15 is 0 Å². The molecule has 0 unspecified atom stereocenters. The fourth-order valence-electron chi connectivity index (χ4n) is 3.84. The maximum Gasteiger partial charge on any atom is 0.197 e. The van der Waals surface area contributed by atoms with Gasteiger partial charge in [-0.2, -0.15) is 0 Å². The van der Waals surface area contributed by atoms with Crippen molar-refractivity contribution < 1.29 is 4.74 Å². The van der Waals surface area contributed by atoms with Crippen molar-refractivity contribution in [2.24, 2.45) is 0 Å². The molecule has 0 saturated carbocycles. The highest BCUT2D eigenvalue weighted by molar-refractivity contribution is 7.99. The minimum absolute atomic E-state index is 0.105. The van der Waals surface area contributed by atoms with Crippen LogP contribution < -0.4 is 0 Å². The molecule has 0 saturated heterocycles. The van der Waals surface area contributed by atoms with Gasteiger partial charge in [0, 0.05) is 17.1 Å². The zero-order valence-corrected chi connectivity index (χ0v) is 20.2. The summed E-state index contributed by atoms with van der Waals surface area (Å²) in [6.45, 7) is 7.34. The number of aromatic nitrogens is 4. The number of hydrogen-bond donors (Lipinski definition) is 0. The first kappa shape index (κ1) is 21.4. The third kappa shape index (κ3) is 4.18. The summed E-state index contributed by atoms with van der Waals surface area (Å²) < 4.78 is 8.34. The highest BCUT2D eigenvalue weighted by atomic mass is 32.2. The first-order valence-electron chi connectivity index (χ1n) is 10.6. The minimum atomic E-state index is -0.105. The molecule has 0 spiro atoms. The highest BCUT2D eigenvalue weighted by Gasteiger charge is 2.33. The Hall–Kier alpha value is -0.830. The average molecular weight is 451 g/mol. The molecule has 1 atom stereocenters. The molecule has 1 aliphatic rings. The van der Waals surface area contributed by atoms with Crippen molar-refractivity contribution >= 4 is 50.7 Å². The lowest BCUT2D eigenvalue weighted by molar-refractivity contribution is -0.0542. The molecular weight excluding hydrogens is 420 g/mol. The highest BCUT2D eigenvalue weighted by Crippen LogP contribution is 2.42. The fourth-order valence-corrected chi connectivity index (χ4v) is 6.53. The van der Waals surface area contributed by atoms with Crippen LogP contribution in [0.2, 0.25) is 0 Å². The van der Waals surface area contributed by atoms with Crippen LogP contribution in [0.1, 0.15) is 69.7 Å². The van der Waals surface area contributed by atoms with E-state index in [9.17, 15) is 0 Å². The molecule has 0 radical (unpaired) electrons. The fraction of sp³-hybridized carbons (Fsp3) is 0.667. The van der Waals surface area contributed by atoms with E-state index in [1.165, 1.54) is 47.9 Å². The second-order valence-electron chi connectivity index (χ2n) is 7.96. The Balaban J connectivity index is 1.68. The van der Waals surface area contributed by atoms with E-state index in [0.29, 0.717) is 6.61 Å². The zero-order valence-electron chi connectivity index (χ0n) is 17.8. The van der Waals surface area contributed by atoms with Crippen molar-refractivity contribution in [1.29, 1.82) is 0 Å². The zero-order chi connectivity index (χ0) is 20.4. The number of thiophene rings is 1. The molecule has 3 aromatic heterocycles. The van der Waals surface area contributed by atoms with Crippen molar-refractivity contribution in [2.75, 3.05) is 12.0 Å². The molecule has 8 heteroatoms. The van der Waals surface area contributed by atoms with Crippen molar-refractivity contribution in [3.63, 3.8) is 0 Å². The summed E-state index contributed by atoms with van der Waals surface area (Å²) in [5.41, 5.74) is 2.23. The summed E-state index contributed by atoms with van der Waals surface area (Å²) >= 11 is 5.23. The Labute approximate surface area is 185 Å². The van der Waals surface area contributed by atoms with Crippen LogP contribution in [0.5, 0.6) is 0 Å². The average Bonchev–Trinajstić information content (AvgIpc) is 3.30. The Bertz CT molecular complexity index is 999. The van der Waals surface area contributed by atoms with Gasteiger partial charge in [0.2, 0.25) is 0 Å². The second-order valence-corrected chi connectivity index (χ2v) is 10.9. The predicted octanol–water partition coefficient (Wildman–Crippen LogP) is 6.36. The van der Waals surface area contributed by atoms with Gasteiger partial charge < -0.3 is 4.74 Å². The molecule has 158 valence electrons. The Morgan fingerprint density at radius 2 is 1.97 bits per heavy atom. The second kappa shape index (κ2) is 9.12. The SMILES string of the molecule is CCCCCCCSc1nnc2c3c4c(sc3nc(SC)n12)CO[C@](C)(CC)C4. The molecule has 4 rings (SSSR count). The van der Waals surface area contributed by atoms with Crippen LogP contribution in [-0.4, -0.2) is 37.2 Å². The third-order valence-electron chi connectivity index (χ3n) is 5.83. The van der Waals surface area contributed by atoms with Gasteiger partial charge in [-0.3, -0.25) is 0 Å². The van der Waals surface area contributed by atoms with Gasteiger partial charge >= 0.3 is 0 Å². The van der Waals surface area contributed by atoms with Gasteiger partial charge in [-0.25, -0.2) is 9.38 Å². The molecular formula is C21H30N4OS3. The summed E-state index contributed by atoms with van der Waals surface area (Å²) in [7, 11) is 0. The van der Waals surface area contributed by atoms with Gasteiger partial charge in [-0.05, 0) is 31.6 Å². The number of nitrogens with zero attached hydrogens (tertiary/aromatic N) is 4. The molecule has 0 bridgehead atoms. The first-order chi connectivity index (χ1) is 14.1. The molecule has 29 heavy (non-hydrogen) atoms. The quantitative estimate of drug-likeness (QED) is 0.215. The van der Waals surface area contributed by atoms with Gasteiger partial charge in [0.1, 0.15) is 4.83 Å². The Kier molecular flexibility index (Phi) is 6.73. The number of unbranched alkanes of at least 4 members (excludes halogenated alkanes) is 4. The summed E-state index contributed by atoms with van der Waals surface area (Å²) in [4.78, 5) is 7.36. The molecule has 3 aromatic rings. The van der Waals surface area contributed by atoms with Crippen LogP contribution in [0.15, 0.2) is 10.3 Å². The minimum Gasteiger partial charge on any atom is -0.369 e. The number of fused-ring (bicyclic) bond motifs is 5. The third-order valence-corrected chi connectivity index (χ3v) is 8.58. The van der Waals surface area contributed by atoms with E-state index in [-0.39, 0.29) is 5.60 Å². The molecule has 0 aromatic carbocycles. The van der Waals surface area contributed by atoms with Gasteiger partial charge in [-0.1, -0.05) is 63.1 Å². The molecule has 0 N–H and O–H groups in total. The van der Waals surface area contributed by atoms with Gasteiger partial charge in [0.25, 0.3) is 0 Å². The van der Waals surface area contributed by atoms with E-state index in [4.69, 9.17) is 9.72 Å². The van der Waals surface area contributed by atoms with Crippen molar-refractivity contribution in [3.8, 4) is 0 Å². The van der Waals surface area contributed by atoms with E-state index in [0.717, 1.165) is 39.4 Å².